The SMILES string of the molecule is COc1c(Nc2ccc(S(=O)(=O)C3CC3)cc2F)ncnc1OC1CCN(C(=O)OC(C)(C)C)CC1. The number of hydrogen-bond acceptors (Lipinski definition) is 9. The van der Waals surface area contributed by atoms with E-state index in [0.717, 1.165) is 6.07 Å². The van der Waals surface area contributed by atoms with Crippen LogP contribution >= 0.6 is 0 Å². The second kappa shape index (κ2) is 10.1. The van der Waals surface area contributed by atoms with Crippen molar-refractivity contribution < 1.29 is 31.8 Å². The van der Waals surface area contributed by atoms with Crippen LogP contribution in [0.15, 0.2) is 29.4 Å². The van der Waals surface area contributed by atoms with E-state index in [1.54, 1.807) is 4.90 Å². The molecule has 12 heteroatoms. The van der Waals surface area contributed by atoms with E-state index in [1.807, 2.05) is 20.8 Å². The van der Waals surface area contributed by atoms with Gasteiger partial charge in [-0.25, -0.2) is 22.6 Å². The lowest BCUT2D eigenvalue weighted by Crippen LogP contribution is -2.44. The molecule has 36 heavy (non-hydrogen) atoms. The van der Waals surface area contributed by atoms with E-state index >= 15 is 0 Å². The van der Waals surface area contributed by atoms with Gasteiger partial charge < -0.3 is 24.4 Å². The first kappa shape index (κ1) is 25.9. The highest BCUT2D eigenvalue weighted by Crippen LogP contribution is 2.37. The molecule has 1 aliphatic heterocycles. The Bertz CT molecular complexity index is 1220. The molecular formula is C24H31FN4O6S. The highest BCUT2D eigenvalue weighted by molar-refractivity contribution is 7.92. The van der Waals surface area contributed by atoms with Crippen LogP contribution in [-0.2, 0) is 14.6 Å². The molecule has 196 valence electrons. The lowest BCUT2D eigenvalue weighted by atomic mass is 10.1. The molecule has 0 spiro atoms. The molecule has 10 nitrogen and oxygen atoms in total. The fourth-order valence-corrected chi connectivity index (χ4v) is 5.49. The molecule has 2 aliphatic rings. The molecule has 1 aliphatic carbocycles. The van der Waals surface area contributed by atoms with Crippen LogP contribution < -0.4 is 14.8 Å². The van der Waals surface area contributed by atoms with Crippen LogP contribution in [0.3, 0.4) is 0 Å². The topological polar surface area (TPSA) is 120 Å². The number of rotatable bonds is 7. The summed E-state index contributed by atoms with van der Waals surface area (Å²) >= 11 is 0. The lowest BCUT2D eigenvalue weighted by molar-refractivity contribution is 0.0120. The van der Waals surface area contributed by atoms with Gasteiger partial charge >= 0.3 is 6.09 Å². The minimum absolute atomic E-state index is 0.0375. The molecular weight excluding hydrogens is 491 g/mol. The van der Waals surface area contributed by atoms with Gasteiger partial charge in [-0.1, -0.05) is 0 Å². The van der Waals surface area contributed by atoms with Crippen molar-refractivity contribution in [3.05, 3.63) is 30.3 Å². The average Bonchev–Trinajstić information content (AvgIpc) is 3.66. The van der Waals surface area contributed by atoms with E-state index in [2.05, 4.69) is 15.3 Å². The van der Waals surface area contributed by atoms with Crippen molar-refractivity contribution in [3.63, 3.8) is 0 Å². The van der Waals surface area contributed by atoms with Crippen molar-refractivity contribution in [2.75, 3.05) is 25.5 Å². The Balaban J connectivity index is 1.43. The summed E-state index contributed by atoms with van der Waals surface area (Å²) < 4.78 is 56.5. The molecule has 2 fully saturated rings. The van der Waals surface area contributed by atoms with Gasteiger partial charge in [-0.15, -0.1) is 0 Å². The zero-order chi connectivity index (χ0) is 26.1. The summed E-state index contributed by atoms with van der Waals surface area (Å²) in [6, 6.07) is 3.75. The number of piperidine rings is 1. The molecule has 1 amide bonds. The Morgan fingerprint density at radius 3 is 2.42 bits per heavy atom. The second-order valence-electron chi connectivity index (χ2n) is 9.86. The monoisotopic (exact) mass is 522 g/mol. The molecule has 0 bridgehead atoms. The third kappa shape index (κ3) is 5.97. The Labute approximate surface area is 210 Å². The first-order chi connectivity index (χ1) is 17.0. The Kier molecular flexibility index (Phi) is 7.26. The van der Waals surface area contributed by atoms with Gasteiger partial charge in [0, 0.05) is 25.9 Å². The molecule has 1 aromatic carbocycles. The minimum atomic E-state index is -3.50. The highest BCUT2D eigenvalue weighted by Gasteiger charge is 2.37. The maximum absolute atomic E-state index is 14.8. The van der Waals surface area contributed by atoms with E-state index in [0.29, 0.717) is 38.8 Å². The summed E-state index contributed by atoms with van der Waals surface area (Å²) in [5.41, 5.74) is -0.522. The molecule has 0 atom stereocenters. The lowest BCUT2D eigenvalue weighted by Gasteiger charge is -2.33. The van der Waals surface area contributed by atoms with Gasteiger partial charge in [-0.2, -0.15) is 4.98 Å². The van der Waals surface area contributed by atoms with Crippen LogP contribution in [0.2, 0.25) is 0 Å². The van der Waals surface area contributed by atoms with Gasteiger partial charge in [-0.05, 0) is 51.8 Å². The summed E-state index contributed by atoms with van der Waals surface area (Å²) in [6.45, 7) is 6.41. The number of halogens is 1. The summed E-state index contributed by atoms with van der Waals surface area (Å²) in [4.78, 5) is 22.2. The summed E-state index contributed by atoms with van der Waals surface area (Å²) in [7, 11) is -2.08. The molecule has 1 aromatic heterocycles. The maximum atomic E-state index is 14.8. The third-order valence-electron chi connectivity index (χ3n) is 5.83. The van der Waals surface area contributed by atoms with Crippen LogP contribution in [0.4, 0.5) is 20.7 Å². The number of carbonyl (C=O) groups excluding carboxylic acids is 1. The van der Waals surface area contributed by atoms with Gasteiger partial charge in [0.05, 0.1) is 22.9 Å². The number of ether oxygens (including phenoxy) is 3. The predicted molar refractivity (Wildman–Crippen MR) is 130 cm³/mol. The number of benzene rings is 1. The fourth-order valence-electron chi connectivity index (χ4n) is 3.83. The number of sulfone groups is 1. The maximum Gasteiger partial charge on any atom is 0.410 e. The van der Waals surface area contributed by atoms with Crippen LogP contribution in [0.5, 0.6) is 11.6 Å². The molecule has 0 radical (unpaired) electrons. The Hall–Kier alpha value is -3.15. The number of aromatic nitrogens is 2. The van der Waals surface area contributed by atoms with Crippen molar-refractivity contribution in [1.82, 2.24) is 14.9 Å². The number of nitrogens with one attached hydrogen (secondary N) is 1. The number of amides is 1. The van der Waals surface area contributed by atoms with Gasteiger partial charge in [0.25, 0.3) is 5.88 Å². The second-order valence-corrected chi connectivity index (χ2v) is 12.1. The zero-order valence-corrected chi connectivity index (χ0v) is 21.6. The van der Waals surface area contributed by atoms with Crippen LogP contribution in [0.25, 0.3) is 0 Å². The van der Waals surface area contributed by atoms with E-state index < -0.39 is 26.5 Å². The third-order valence-corrected chi connectivity index (χ3v) is 8.09. The van der Waals surface area contributed by atoms with E-state index in [9.17, 15) is 17.6 Å². The number of methoxy groups -OCH3 is 1. The normalized spacial score (nSPS) is 17.0. The molecule has 1 saturated carbocycles. The van der Waals surface area contributed by atoms with Crippen molar-refractivity contribution >= 4 is 27.4 Å². The molecule has 2 heterocycles. The molecule has 4 rings (SSSR count). The summed E-state index contributed by atoms with van der Waals surface area (Å²) in [5, 5.41) is 2.42. The van der Waals surface area contributed by atoms with Gasteiger partial charge in [0.2, 0.25) is 5.75 Å². The fraction of sp³-hybridized carbons (Fsp3) is 0.542. The van der Waals surface area contributed by atoms with Gasteiger partial charge in [-0.3, -0.25) is 0 Å². The molecule has 2 aromatic rings. The molecule has 1 N–H and O–H groups in total. The van der Waals surface area contributed by atoms with Crippen molar-refractivity contribution in [3.8, 4) is 11.6 Å². The Morgan fingerprint density at radius 1 is 1.14 bits per heavy atom. The number of anilines is 2. The summed E-state index contributed by atoms with van der Waals surface area (Å²) in [5.74, 6) is -0.194. The number of nitrogens with zero attached hydrogens (tertiary/aromatic N) is 3. The van der Waals surface area contributed by atoms with Crippen LogP contribution in [-0.4, -0.2) is 66.5 Å². The van der Waals surface area contributed by atoms with Gasteiger partial charge in [0.1, 0.15) is 23.8 Å². The largest absolute Gasteiger partial charge is 0.489 e. The zero-order valence-electron chi connectivity index (χ0n) is 20.8. The standard InChI is InChI=1S/C24H31FN4O6S/c1-24(2,3)35-23(30)29-11-9-15(10-12-29)34-22-20(33-4)21(26-14-27-22)28-19-8-7-17(13-18(19)25)36(31,32)16-5-6-16/h7-8,13-16H,5-6,9-12H2,1-4H3,(H,26,27,28). The highest BCUT2D eigenvalue weighted by atomic mass is 32.2. The van der Waals surface area contributed by atoms with E-state index in [-0.39, 0.29) is 40.2 Å². The quantitative estimate of drug-likeness (QED) is 0.573. The first-order valence-corrected chi connectivity index (χ1v) is 13.4. The summed E-state index contributed by atoms with van der Waals surface area (Å²) in [6.07, 6.45) is 3.03. The average molecular weight is 523 g/mol. The smallest absolute Gasteiger partial charge is 0.410 e. The van der Waals surface area contributed by atoms with E-state index in [4.69, 9.17) is 14.2 Å². The van der Waals surface area contributed by atoms with E-state index in [1.165, 1.54) is 25.6 Å². The molecule has 1 saturated heterocycles. The van der Waals surface area contributed by atoms with Crippen LogP contribution in [0.1, 0.15) is 46.5 Å². The number of carbonyl (C=O) groups is 1. The van der Waals surface area contributed by atoms with Crippen LogP contribution in [0, 0.1) is 5.82 Å². The van der Waals surface area contributed by atoms with Crippen molar-refractivity contribution in [2.24, 2.45) is 0 Å². The number of likely N-dealkylation sites (tertiary alicyclic amines) is 1. The predicted octanol–water partition coefficient (Wildman–Crippen LogP) is 4.08. The number of hydrogen-bond donors (Lipinski definition) is 1. The minimum Gasteiger partial charge on any atom is -0.489 e. The van der Waals surface area contributed by atoms with Crippen molar-refractivity contribution in [2.45, 2.75) is 68.3 Å². The Morgan fingerprint density at radius 2 is 1.83 bits per heavy atom. The van der Waals surface area contributed by atoms with Gasteiger partial charge in [0.15, 0.2) is 15.7 Å². The molecule has 0 unspecified atom stereocenters. The van der Waals surface area contributed by atoms with Crippen molar-refractivity contribution in [1.29, 1.82) is 0 Å². The first-order valence-electron chi connectivity index (χ1n) is 11.8.